The Balaban J connectivity index is 2.49. The number of phenolic OH excluding ortho intramolecular Hbond substituents is 2. The first-order valence-electron chi connectivity index (χ1n) is 6.05. The number of rotatable bonds is 5. The Bertz CT molecular complexity index is 676. The average Bonchev–Trinajstić information content (AvgIpc) is 2.86. The van der Waals surface area contributed by atoms with Gasteiger partial charge in [0.2, 0.25) is 0 Å². The van der Waals surface area contributed by atoms with Gasteiger partial charge in [0.25, 0.3) is 0 Å². The number of carbonyl (C=O) groups is 1. The van der Waals surface area contributed by atoms with Crippen molar-refractivity contribution < 1.29 is 24.2 Å². The van der Waals surface area contributed by atoms with E-state index in [1.807, 2.05) is 0 Å². The molecule has 0 fully saturated rings. The summed E-state index contributed by atoms with van der Waals surface area (Å²) in [5.74, 6) is -0.352. The second-order valence-corrected chi connectivity index (χ2v) is 4.31. The molecule has 2 aromatic rings. The smallest absolute Gasteiger partial charge is 0.310 e. The topological polar surface area (TPSA) is 109 Å². The molecule has 0 atom stereocenters. The summed E-state index contributed by atoms with van der Waals surface area (Å²) in [4.78, 5) is 21.7. The molecule has 0 bridgehead atoms. The van der Waals surface area contributed by atoms with Crippen LogP contribution in [-0.2, 0) is 22.5 Å². The number of methoxy groups -OCH3 is 1. The number of carbonyl (C=O) groups excluding carboxylic acids is 1. The van der Waals surface area contributed by atoms with Gasteiger partial charge in [-0.05, 0) is 23.8 Å². The summed E-state index contributed by atoms with van der Waals surface area (Å²) in [7, 11) is 1.24. The van der Waals surface area contributed by atoms with Gasteiger partial charge in [0.1, 0.15) is 29.6 Å². The summed E-state index contributed by atoms with van der Waals surface area (Å²) in [5.41, 5.74) is 0.606. The van der Waals surface area contributed by atoms with Crippen molar-refractivity contribution in [1.82, 2.24) is 0 Å². The first-order valence-corrected chi connectivity index (χ1v) is 6.05. The lowest BCUT2D eigenvalue weighted by molar-refractivity contribution is -0.139. The molecule has 1 heterocycles. The Kier molecular flexibility index (Phi) is 4.22. The maximum Gasteiger partial charge on any atom is 0.310 e. The molecular weight excluding hydrogens is 278 g/mol. The molecular formula is C14H13NO6. The van der Waals surface area contributed by atoms with Crippen LogP contribution in [0, 0.1) is 4.91 Å². The Morgan fingerprint density at radius 1 is 1.33 bits per heavy atom. The molecule has 1 aromatic carbocycles. The molecule has 110 valence electrons. The van der Waals surface area contributed by atoms with Gasteiger partial charge in [-0.1, -0.05) is 5.18 Å². The molecule has 2 N–H and O–H groups in total. The molecule has 0 saturated heterocycles. The largest absolute Gasteiger partial charge is 0.508 e. The van der Waals surface area contributed by atoms with Crippen LogP contribution in [0.25, 0.3) is 11.3 Å². The number of phenols is 2. The van der Waals surface area contributed by atoms with E-state index in [0.717, 1.165) is 6.07 Å². The number of nitroso groups, excluding NO2 is 1. The average molecular weight is 291 g/mol. The molecule has 0 aliphatic rings. The van der Waals surface area contributed by atoms with Gasteiger partial charge >= 0.3 is 5.97 Å². The van der Waals surface area contributed by atoms with E-state index in [4.69, 9.17) is 4.42 Å². The van der Waals surface area contributed by atoms with Gasteiger partial charge in [-0.15, -0.1) is 0 Å². The number of hydrogen-bond donors (Lipinski definition) is 2. The second-order valence-electron chi connectivity index (χ2n) is 4.31. The Morgan fingerprint density at radius 2 is 2.10 bits per heavy atom. The molecule has 7 heteroatoms. The van der Waals surface area contributed by atoms with E-state index in [2.05, 4.69) is 9.91 Å². The zero-order valence-corrected chi connectivity index (χ0v) is 11.2. The fourth-order valence-corrected chi connectivity index (χ4v) is 1.98. The minimum absolute atomic E-state index is 0.134. The third-order valence-electron chi connectivity index (χ3n) is 2.87. The number of furan rings is 1. The van der Waals surface area contributed by atoms with Crippen molar-refractivity contribution in [3.8, 4) is 22.8 Å². The highest BCUT2D eigenvalue weighted by molar-refractivity contribution is 5.79. The molecule has 0 spiro atoms. The molecule has 1 aromatic heterocycles. The highest BCUT2D eigenvalue weighted by atomic mass is 16.5. The first-order chi connectivity index (χ1) is 10.0. The lowest BCUT2D eigenvalue weighted by Crippen LogP contribution is -2.05. The van der Waals surface area contributed by atoms with Gasteiger partial charge < -0.3 is 19.4 Å². The zero-order valence-electron chi connectivity index (χ0n) is 11.2. The van der Waals surface area contributed by atoms with Crippen LogP contribution in [0.2, 0.25) is 0 Å². The van der Waals surface area contributed by atoms with Crippen molar-refractivity contribution >= 4 is 5.97 Å². The van der Waals surface area contributed by atoms with E-state index in [-0.39, 0.29) is 35.8 Å². The summed E-state index contributed by atoms with van der Waals surface area (Å²) in [5, 5.41) is 22.2. The molecule has 2 rings (SSSR count). The predicted molar refractivity (Wildman–Crippen MR) is 72.7 cm³/mol. The van der Waals surface area contributed by atoms with Crippen molar-refractivity contribution in [3.05, 3.63) is 40.5 Å². The van der Waals surface area contributed by atoms with E-state index in [9.17, 15) is 19.9 Å². The van der Waals surface area contributed by atoms with Gasteiger partial charge in [0, 0.05) is 6.07 Å². The molecule has 7 nitrogen and oxygen atoms in total. The zero-order chi connectivity index (χ0) is 15.4. The van der Waals surface area contributed by atoms with Crippen molar-refractivity contribution in [2.24, 2.45) is 5.18 Å². The number of hydrogen-bond acceptors (Lipinski definition) is 7. The summed E-state index contributed by atoms with van der Waals surface area (Å²) in [6.45, 7) is -0.134. The number of benzene rings is 1. The third-order valence-corrected chi connectivity index (χ3v) is 2.87. The van der Waals surface area contributed by atoms with Gasteiger partial charge in [-0.3, -0.25) is 4.79 Å². The fourth-order valence-electron chi connectivity index (χ4n) is 1.98. The minimum atomic E-state index is -0.525. The summed E-state index contributed by atoms with van der Waals surface area (Å²) >= 11 is 0. The van der Waals surface area contributed by atoms with Gasteiger partial charge in [0.15, 0.2) is 0 Å². The Hall–Kier alpha value is -2.83. The number of esters is 1. The summed E-state index contributed by atoms with van der Waals surface area (Å²) in [6, 6.07) is 5.57. The molecule has 21 heavy (non-hydrogen) atoms. The van der Waals surface area contributed by atoms with Crippen molar-refractivity contribution in [3.63, 3.8) is 0 Å². The third kappa shape index (κ3) is 3.19. The van der Waals surface area contributed by atoms with Crippen molar-refractivity contribution in [2.45, 2.75) is 13.0 Å². The van der Waals surface area contributed by atoms with E-state index in [1.165, 1.54) is 13.2 Å². The summed E-state index contributed by atoms with van der Waals surface area (Å²) < 4.78 is 9.98. The Labute approximate surface area is 119 Å². The molecule has 0 amide bonds. The molecule has 0 aliphatic carbocycles. The van der Waals surface area contributed by atoms with Crippen LogP contribution in [0.1, 0.15) is 11.3 Å². The highest BCUT2D eigenvalue weighted by Gasteiger charge is 2.18. The summed E-state index contributed by atoms with van der Waals surface area (Å²) in [6.07, 6.45) is -0.143. The van der Waals surface area contributed by atoms with Gasteiger partial charge in [-0.25, -0.2) is 0 Å². The number of aromatic hydroxyl groups is 2. The minimum Gasteiger partial charge on any atom is -0.508 e. The van der Waals surface area contributed by atoms with E-state index in [1.54, 1.807) is 12.1 Å². The van der Waals surface area contributed by atoms with E-state index < -0.39 is 5.97 Å². The quantitative estimate of drug-likeness (QED) is 0.646. The van der Waals surface area contributed by atoms with E-state index >= 15 is 0 Å². The second kappa shape index (κ2) is 6.08. The van der Waals surface area contributed by atoms with Crippen molar-refractivity contribution in [2.75, 3.05) is 7.11 Å². The SMILES string of the molecule is COC(=O)Cc1cc(O)cc(O)c1-c1ccc(CN=O)o1. The van der Waals surface area contributed by atoms with Crippen LogP contribution in [0.4, 0.5) is 0 Å². The number of nitrogens with zero attached hydrogens (tertiary/aromatic N) is 1. The standard InChI is InChI=1S/C14H13NO6/c1-20-13(18)5-8-4-9(16)6-11(17)14(8)12-3-2-10(21-12)7-15-19/h2-4,6,16-17H,5,7H2,1H3. The van der Waals surface area contributed by atoms with Gasteiger partial charge in [0.05, 0.1) is 19.1 Å². The highest BCUT2D eigenvalue weighted by Crippen LogP contribution is 2.37. The van der Waals surface area contributed by atoms with Crippen LogP contribution < -0.4 is 0 Å². The maximum atomic E-state index is 11.4. The van der Waals surface area contributed by atoms with Crippen LogP contribution in [0.15, 0.2) is 33.9 Å². The molecule has 0 aliphatic heterocycles. The maximum absolute atomic E-state index is 11.4. The lowest BCUT2D eigenvalue weighted by atomic mass is 10.0. The Morgan fingerprint density at radius 3 is 2.76 bits per heavy atom. The van der Waals surface area contributed by atoms with Crippen LogP contribution >= 0.6 is 0 Å². The van der Waals surface area contributed by atoms with Crippen LogP contribution in [0.5, 0.6) is 11.5 Å². The molecule has 0 unspecified atom stereocenters. The molecule has 0 radical (unpaired) electrons. The lowest BCUT2D eigenvalue weighted by Gasteiger charge is -2.09. The van der Waals surface area contributed by atoms with Gasteiger partial charge in [-0.2, -0.15) is 4.91 Å². The number of ether oxygens (including phenoxy) is 1. The molecule has 0 saturated carbocycles. The van der Waals surface area contributed by atoms with E-state index in [0.29, 0.717) is 11.3 Å². The van der Waals surface area contributed by atoms with Crippen LogP contribution in [0.3, 0.4) is 0 Å². The first kappa shape index (κ1) is 14.6. The monoisotopic (exact) mass is 291 g/mol. The fraction of sp³-hybridized carbons (Fsp3) is 0.214. The van der Waals surface area contributed by atoms with Crippen molar-refractivity contribution in [1.29, 1.82) is 0 Å². The van der Waals surface area contributed by atoms with Crippen LogP contribution in [-0.4, -0.2) is 23.3 Å². The predicted octanol–water partition coefficient (Wildman–Crippen LogP) is 2.34. The normalized spacial score (nSPS) is 10.3.